The van der Waals surface area contributed by atoms with Crippen molar-refractivity contribution in [3.05, 3.63) is 72.3 Å². The minimum atomic E-state index is -2.07. The van der Waals surface area contributed by atoms with Crippen LogP contribution in [0.1, 0.15) is 9.68 Å². The highest BCUT2D eigenvalue weighted by atomic mass is 16.3. The van der Waals surface area contributed by atoms with Gasteiger partial charge >= 0.3 is 0 Å². The second kappa shape index (κ2) is 4.24. The Hall–Kier alpha value is -2.54. The van der Waals surface area contributed by atoms with Crippen molar-refractivity contribution in [2.75, 3.05) is 0 Å². The van der Waals surface area contributed by atoms with Crippen molar-refractivity contribution in [3.63, 3.8) is 0 Å². The normalized spacial score (nSPS) is 14.1. The van der Waals surface area contributed by atoms with E-state index in [-0.39, 0.29) is 0 Å². The molecule has 0 aliphatic heterocycles. The number of fused-ring (bicyclic) bond motifs is 3. The van der Waals surface area contributed by atoms with E-state index >= 15 is 0 Å². The van der Waals surface area contributed by atoms with Crippen molar-refractivity contribution < 1.29 is 8.53 Å². The molecule has 1 aromatic heterocycles. The molecule has 0 radical (unpaired) electrons. The van der Waals surface area contributed by atoms with Crippen LogP contribution in [0.4, 0.5) is 0 Å². The third-order valence-electron chi connectivity index (χ3n) is 3.60. The summed E-state index contributed by atoms with van der Waals surface area (Å²) in [5.74, 6) is 0. The van der Waals surface area contributed by atoms with Gasteiger partial charge < -0.3 is 4.42 Å². The summed E-state index contributed by atoms with van der Waals surface area (Å²) in [4.78, 5) is 0. The molecular weight excluding hydrogens is 244 g/mol. The van der Waals surface area contributed by atoms with Gasteiger partial charge in [0.2, 0.25) is 0 Å². The molecule has 96 valence electrons. The van der Waals surface area contributed by atoms with Crippen LogP contribution in [0.25, 0.3) is 33.1 Å². The van der Waals surface area contributed by atoms with Crippen LogP contribution in [0.15, 0.2) is 71.1 Å². The molecule has 1 heterocycles. The molecule has 1 heteroatoms. The topological polar surface area (TPSA) is 13.1 Å². The number of aryl methyl sites for hydroxylation is 1. The maximum atomic E-state index is 7.44. The summed E-state index contributed by atoms with van der Waals surface area (Å²) in [6, 6.07) is 21.0. The third kappa shape index (κ3) is 1.71. The number of para-hydroxylation sites is 1. The van der Waals surface area contributed by atoms with Crippen molar-refractivity contribution in [1.29, 1.82) is 0 Å². The van der Waals surface area contributed by atoms with Crippen molar-refractivity contribution in [2.24, 2.45) is 0 Å². The fourth-order valence-electron chi connectivity index (χ4n) is 2.57. The predicted octanol–water partition coefficient (Wildman–Crippen LogP) is 5.56. The lowest BCUT2D eigenvalue weighted by atomic mass is 10.0. The number of furan rings is 1. The zero-order chi connectivity index (χ0) is 16.0. The number of benzene rings is 3. The summed E-state index contributed by atoms with van der Waals surface area (Å²) in [7, 11) is 0. The summed E-state index contributed by atoms with van der Waals surface area (Å²) in [6.45, 7) is -2.07. The average Bonchev–Trinajstić information content (AvgIpc) is 2.92. The lowest BCUT2D eigenvalue weighted by Gasteiger charge is -2.02. The molecule has 0 saturated heterocycles. The Bertz CT molecular complexity index is 995. The van der Waals surface area contributed by atoms with E-state index < -0.39 is 6.85 Å². The van der Waals surface area contributed by atoms with Gasteiger partial charge in [-0.3, -0.25) is 0 Å². The van der Waals surface area contributed by atoms with Crippen LogP contribution in [0.3, 0.4) is 0 Å². The summed E-state index contributed by atoms with van der Waals surface area (Å²) < 4.78 is 28.2. The maximum absolute atomic E-state index is 7.44. The summed E-state index contributed by atoms with van der Waals surface area (Å²) in [6.07, 6.45) is 0. The number of hydrogen-bond donors (Lipinski definition) is 0. The summed E-state index contributed by atoms with van der Waals surface area (Å²) in [5, 5.41) is 2.19. The fourth-order valence-corrected chi connectivity index (χ4v) is 2.57. The van der Waals surface area contributed by atoms with Gasteiger partial charge in [0.25, 0.3) is 0 Å². The highest BCUT2D eigenvalue weighted by molar-refractivity contribution is 6.05. The van der Waals surface area contributed by atoms with Crippen LogP contribution in [0, 0.1) is 6.85 Å². The predicted molar refractivity (Wildman–Crippen MR) is 83.9 cm³/mol. The van der Waals surface area contributed by atoms with Crippen LogP contribution in [-0.2, 0) is 0 Å². The van der Waals surface area contributed by atoms with E-state index in [2.05, 4.69) is 0 Å². The number of hydrogen-bond acceptors (Lipinski definition) is 1. The molecule has 1 nitrogen and oxygen atoms in total. The second-order valence-corrected chi connectivity index (χ2v) is 4.89. The van der Waals surface area contributed by atoms with Crippen molar-refractivity contribution in [2.45, 2.75) is 6.85 Å². The molecule has 20 heavy (non-hydrogen) atoms. The highest BCUT2D eigenvalue weighted by Gasteiger charge is 2.07. The van der Waals surface area contributed by atoms with Gasteiger partial charge in [-0.15, -0.1) is 0 Å². The first-order chi connectivity index (χ1) is 11.0. The van der Waals surface area contributed by atoms with Crippen LogP contribution >= 0.6 is 0 Å². The third-order valence-corrected chi connectivity index (χ3v) is 3.60. The Morgan fingerprint density at radius 1 is 0.750 bits per heavy atom. The quantitative estimate of drug-likeness (QED) is 0.437. The van der Waals surface area contributed by atoms with Crippen molar-refractivity contribution in [3.8, 4) is 11.1 Å². The first kappa shape index (κ1) is 8.60. The minimum Gasteiger partial charge on any atom is -0.456 e. The molecule has 4 aromatic rings. The van der Waals surface area contributed by atoms with Gasteiger partial charge in [-0.05, 0) is 36.2 Å². The Balaban J connectivity index is 1.81. The van der Waals surface area contributed by atoms with E-state index in [1.807, 2.05) is 54.6 Å². The Morgan fingerprint density at radius 2 is 1.50 bits per heavy atom. The molecule has 0 unspecified atom stereocenters. The van der Waals surface area contributed by atoms with Gasteiger partial charge in [-0.25, -0.2) is 0 Å². The monoisotopic (exact) mass is 261 g/mol. The molecular formula is C19H14O. The van der Waals surface area contributed by atoms with E-state index in [0.29, 0.717) is 5.56 Å². The maximum Gasteiger partial charge on any atom is 0.136 e. The lowest BCUT2D eigenvalue weighted by molar-refractivity contribution is 0.669. The Kier molecular flexibility index (Phi) is 1.82. The Morgan fingerprint density at radius 3 is 2.35 bits per heavy atom. The van der Waals surface area contributed by atoms with Crippen molar-refractivity contribution in [1.82, 2.24) is 0 Å². The standard InChI is InChI=1S/C19H14O/c1-13-6-8-14(9-7-13)15-10-11-17-16-4-2-3-5-18(16)20-19(17)12-15/h2-12H,1H3/i1D3. The fraction of sp³-hybridized carbons (Fsp3) is 0.0526. The molecule has 0 fully saturated rings. The lowest BCUT2D eigenvalue weighted by Crippen LogP contribution is -1.78. The molecule has 0 amide bonds. The van der Waals surface area contributed by atoms with E-state index in [4.69, 9.17) is 8.53 Å². The largest absolute Gasteiger partial charge is 0.456 e. The van der Waals surface area contributed by atoms with Crippen LogP contribution in [-0.4, -0.2) is 0 Å². The highest BCUT2D eigenvalue weighted by Crippen LogP contribution is 2.31. The molecule has 3 aromatic carbocycles. The SMILES string of the molecule is [2H]C([2H])([2H])c1ccc(-c2ccc3c(c2)oc2ccccc23)cc1. The van der Waals surface area contributed by atoms with Gasteiger partial charge in [0.05, 0.1) is 0 Å². The van der Waals surface area contributed by atoms with Crippen molar-refractivity contribution >= 4 is 21.9 Å². The van der Waals surface area contributed by atoms with Gasteiger partial charge in [0, 0.05) is 14.9 Å². The number of rotatable bonds is 1. The summed E-state index contributed by atoms with van der Waals surface area (Å²) in [5.41, 5.74) is 4.04. The summed E-state index contributed by atoms with van der Waals surface area (Å²) >= 11 is 0. The van der Waals surface area contributed by atoms with Crippen LogP contribution in [0.2, 0.25) is 0 Å². The first-order valence-corrected chi connectivity index (χ1v) is 6.54. The molecule has 0 spiro atoms. The van der Waals surface area contributed by atoms with E-state index in [9.17, 15) is 0 Å². The molecule has 0 N–H and O–H groups in total. The molecule has 0 atom stereocenters. The van der Waals surface area contributed by atoms with Gasteiger partial charge in [-0.2, -0.15) is 0 Å². The Labute approximate surface area is 121 Å². The van der Waals surface area contributed by atoms with Gasteiger partial charge in [-0.1, -0.05) is 54.1 Å². The van der Waals surface area contributed by atoms with Gasteiger partial charge in [0.1, 0.15) is 11.2 Å². The molecule has 4 rings (SSSR count). The van der Waals surface area contributed by atoms with Gasteiger partial charge in [0.15, 0.2) is 0 Å². The first-order valence-electron chi connectivity index (χ1n) is 8.04. The molecule has 0 aliphatic carbocycles. The van der Waals surface area contributed by atoms with E-state index in [0.717, 1.165) is 33.1 Å². The van der Waals surface area contributed by atoms with E-state index in [1.165, 1.54) is 0 Å². The zero-order valence-corrected chi connectivity index (χ0v) is 10.8. The molecule has 0 bridgehead atoms. The molecule has 0 aliphatic rings. The minimum absolute atomic E-state index is 0.353. The second-order valence-electron chi connectivity index (χ2n) is 4.89. The molecule has 0 saturated carbocycles. The van der Waals surface area contributed by atoms with E-state index in [1.54, 1.807) is 12.1 Å². The average molecular weight is 261 g/mol. The van der Waals surface area contributed by atoms with Crippen LogP contribution in [0.5, 0.6) is 0 Å². The van der Waals surface area contributed by atoms with Crippen LogP contribution < -0.4 is 0 Å². The zero-order valence-electron chi connectivity index (χ0n) is 13.8. The smallest absolute Gasteiger partial charge is 0.136 e.